The van der Waals surface area contributed by atoms with Gasteiger partial charge in [0.1, 0.15) is 0 Å². The van der Waals surface area contributed by atoms with Crippen LogP contribution in [0.4, 0.5) is 0 Å². The number of amides is 1. The molecule has 1 amide bonds. The van der Waals surface area contributed by atoms with Crippen LogP contribution < -0.4 is 0 Å². The SMILES string of the molecule is C=CCOCCC(=O)N1CCCN(Cc2cccc(C)n2)CC1. The number of carbonyl (C=O) groups is 1. The minimum absolute atomic E-state index is 0.185. The molecule has 1 aromatic rings. The summed E-state index contributed by atoms with van der Waals surface area (Å²) in [6.07, 6.45) is 3.16. The number of pyridine rings is 1. The Bertz CT molecular complexity index is 519. The van der Waals surface area contributed by atoms with Gasteiger partial charge in [-0.25, -0.2) is 0 Å². The molecule has 0 unspecified atom stereocenters. The molecule has 23 heavy (non-hydrogen) atoms. The Hall–Kier alpha value is -1.72. The molecular formula is C18H27N3O2. The third kappa shape index (κ3) is 6.12. The highest BCUT2D eigenvalue weighted by molar-refractivity contribution is 5.76. The molecule has 0 N–H and O–H groups in total. The van der Waals surface area contributed by atoms with Gasteiger partial charge in [0.05, 0.1) is 25.3 Å². The van der Waals surface area contributed by atoms with Crippen LogP contribution >= 0.6 is 0 Å². The summed E-state index contributed by atoms with van der Waals surface area (Å²) < 4.78 is 5.30. The van der Waals surface area contributed by atoms with Gasteiger partial charge in [-0.3, -0.25) is 14.7 Å². The van der Waals surface area contributed by atoms with E-state index in [-0.39, 0.29) is 5.91 Å². The van der Waals surface area contributed by atoms with Crippen LogP contribution in [0.3, 0.4) is 0 Å². The van der Waals surface area contributed by atoms with Crippen LogP contribution in [0.2, 0.25) is 0 Å². The fourth-order valence-electron chi connectivity index (χ4n) is 2.78. The van der Waals surface area contributed by atoms with Crippen molar-refractivity contribution in [3.8, 4) is 0 Å². The lowest BCUT2D eigenvalue weighted by atomic mass is 10.3. The third-order valence-electron chi connectivity index (χ3n) is 3.97. The average molecular weight is 317 g/mol. The molecule has 5 heteroatoms. The predicted molar refractivity (Wildman–Crippen MR) is 91.1 cm³/mol. The van der Waals surface area contributed by atoms with Gasteiger partial charge >= 0.3 is 0 Å². The van der Waals surface area contributed by atoms with Gasteiger partial charge in [0.25, 0.3) is 0 Å². The monoisotopic (exact) mass is 317 g/mol. The molecule has 1 saturated heterocycles. The van der Waals surface area contributed by atoms with Crippen LogP contribution in [-0.4, -0.2) is 60.1 Å². The van der Waals surface area contributed by atoms with Crippen molar-refractivity contribution in [3.63, 3.8) is 0 Å². The molecule has 0 bridgehead atoms. The second-order valence-corrected chi connectivity index (χ2v) is 5.89. The number of aromatic nitrogens is 1. The maximum absolute atomic E-state index is 12.2. The topological polar surface area (TPSA) is 45.7 Å². The van der Waals surface area contributed by atoms with Crippen LogP contribution in [0, 0.1) is 6.92 Å². The summed E-state index contributed by atoms with van der Waals surface area (Å²) in [6.45, 7) is 11.0. The molecule has 5 nitrogen and oxygen atoms in total. The van der Waals surface area contributed by atoms with Gasteiger partial charge in [-0.1, -0.05) is 12.1 Å². The maximum Gasteiger partial charge on any atom is 0.224 e. The molecular weight excluding hydrogens is 290 g/mol. The first-order valence-electron chi connectivity index (χ1n) is 8.30. The molecule has 0 spiro atoms. The van der Waals surface area contributed by atoms with Gasteiger partial charge in [0.15, 0.2) is 0 Å². The normalized spacial score (nSPS) is 16.1. The Morgan fingerprint density at radius 1 is 1.35 bits per heavy atom. The zero-order valence-corrected chi connectivity index (χ0v) is 14.0. The highest BCUT2D eigenvalue weighted by Crippen LogP contribution is 2.09. The van der Waals surface area contributed by atoms with Crippen LogP contribution in [0.15, 0.2) is 30.9 Å². The molecule has 2 rings (SSSR count). The van der Waals surface area contributed by atoms with E-state index >= 15 is 0 Å². The van der Waals surface area contributed by atoms with Crippen LogP contribution in [0.5, 0.6) is 0 Å². The number of hydrogen-bond acceptors (Lipinski definition) is 4. The van der Waals surface area contributed by atoms with E-state index in [1.807, 2.05) is 17.9 Å². The number of aryl methyl sites for hydroxylation is 1. The molecule has 2 heterocycles. The largest absolute Gasteiger partial charge is 0.377 e. The molecule has 0 atom stereocenters. The van der Waals surface area contributed by atoms with Crippen molar-refractivity contribution >= 4 is 5.91 Å². The van der Waals surface area contributed by atoms with Crippen molar-refractivity contribution in [3.05, 3.63) is 42.2 Å². The fraction of sp³-hybridized carbons (Fsp3) is 0.556. The highest BCUT2D eigenvalue weighted by Gasteiger charge is 2.19. The van der Waals surface area contributed by atoms with E-state index in [1.54, 1.807) is 6.08 Å². The molecule has 1 aliphatic rings. The predicted octanol–water partition coefficient (Wildman–Crippen LogP) is 2.02. The summed E-state index contributed by atoms with van der Waals surface area (Å²) in [5.74, 6) is 0.185. The standard InChI is InChI=1S/C18H27N3O2/c1-3-13-23-14-8-18(22)21-10-5-9-20(11-12-21)15-17-7-4-6-16(2)19-17/h3-4,6-7H,1,5,8-15H2,2H3. The molecule has 1 fully saturated rings. The molecule has 0 radical (unpaired) electrons. The minimum atomic E-state index is 0.185. The number of nitrogens with zero attached hydrogens (tertiary/aromatic N) is 3. The van der Waals surface area contributed by atoms with Crippen molar-refractivity contribution in [2.24, 2.45) is 0 Å². The first kappa shape index (κ1) is 17.6. The molecule has 0 aromatic carbocycles. The van der Waals surface area contributed by atoms with Crippen molar-refractivity contribution in [1.29, 1.82) is 0 Å². The van der Waals surface area contributed by atoms with Crippen molar-refractivity contribution in [2.75, 3.05) is 39.4 Å². The molecule has 0 saturated carbocycles. The van der Waals surface area contributed by atoms with Gasteiger partial charge in [0.2, 0.25) is 5.91 Å². The Morgan fingerprint density at radius 2 is 2.22 bits per heavy atom. The Kier molecular flexibility index (Phi) is 7.23. The second-order valence-electron chi connectivity index (χ2n) is 5.89. The summed E-state index contributed by atoms with van der Waals surface area (Å²) in [5.41, 5.74) is 2.15. The van der Waals surface area contributed by atoms with Crippen molar-refractivity contribution in [1.82, 2.24) is 14.8 Å². The quantitative estimate of drug-likeness (QED) is 0.570. The molecule has 126 valence electrons. The van der Waals surface area contributed by atoms with E-state index in [0.717, 1.165) is 50.5 Å². The van der Waals surface area contributed by atoms with Crippen LogP contribution in [-0.2, 0) is 16.1 Å². The van der Waals surface area contributed by atoms with E-state index in [0.29, 0.717) is 19.6 Å². The van der Waals surface area contributed by atoms with E-state index < -0.39 is 0 Å². The maximum atomic E-state index is 12.2. The summed E-state index contributed by atoms with van der Waals surface area (Å²) in [7, 11) is 0. The third-order valence-corrected chi connectivity index (χ3v) is 3.97. The second kappa shape index (κ2) is 9.43. The first-order valence-corrected chi connectivity index (χ1v) is 8.30. The van der Waals surface area contributed by atoms with Gasteiger partial charge in [-0.2, -0.15) is 0 Å². The summed E-state index contributed by atoms with van der Waals surface area (Å²) in [4.78, 5) is 21.1. The summed E-state index contributed by atoms with van der Waals surface area (Å²) in [6, 6.07) is 6.13. The number of ether oxygens (including phenoxy) is 1. The zero-order chi connectivity index (χ0) is 16.5. The number of carbonyl (C=O) groups excluding carboxylic acids is 1. The zero-order valence-electron chi connectivity index (χ0n) is 14.0. The van der Waals surface area contributed by atoms with Gasteiger partial charge < -0.3 is 9.64 Å². The number of hydrogen-bond donors (Lipinski definition) is 0. The minimum Gasteiger partial charge on any atom is -0.377 e. The van der Waals surface area contributed by atoms with E-state index in [1.165, 1.54) is 0 Å². The molecule has 1 aromatic heterocycles. The van der Waals surface area contributed by atoms with Crippen molar-refractivity contribution < 1.29 is 9.53 Å². The van der Waals surface area contributed by atoms with Crippen LogP contribution in [0.25, 0.3) is 0 Å². The van der Waals surface area contributed by atoms with Crippen LogP contribution in [0.1, 0.15) is 24.2 Å². The lowest BCUT2D eigenvalue weighted by Gasteiger charge is -2.22. The van der Waals surface area contributed by atoms with E-state index in [2.05, 4.69) is 28.6 Å². The van der Waals surface area contributed by atoms with E-state index in [4.69, 9.17) is 4.74 Å². The summed E-state index contributed by atoms with van der Waals surface area (Å²) >= 11 is 0. The fourth-order valence-corrected chi connectivity index (χ4v) is 2.78. The lowest BCUT2D eigenvalue weighted by molar-refractivity contribution is -0.132. The Labute approximate surface area is 138 Å². The number of rotatable bonds is 7. The van der Waals surface area contributed by atoms with Gasteiger partial charge in [-0.05, 0) is 25.5 Å². The summed E-state index contributed by atoms with van der Waals surface area (Å²) in [5, 5.41) is 0. The Balaban J connectivity index is 1.77. The smallest absolute Gasteiger partial charge is 0.224 e. The van der Waals surface area contributed by atoms with Crippen molar-refractivity contribution in [2.45, 2.75) is 26.3 Å². The Morgan fingerprint density at radius 3 is 3.00 bits per heavy atom. The molecule has 0 aliphatic carbocycles. The lowest BCUT2D eigenvalue weighted by Crippen LogP contribution is -2.35. The van der Waals surface area contributed by atoms with Gasteiger partial charge in [0, 0.05) is 38.4 Å². The molecule has 1 aliphatic heterocycles. The first-order chi connectivity index (χ1) is 11.2. The van der Waals surface area contributed by atoms with E-state index in [9.17, 15) is 4.79 Å². The van der Waals surface area contributed by atoms with Gasteiger partial charge in [-0.15, -0.1) is 6.58 Å². The highest BCUT2D eigenvalue weighted by atomic mass is 16.5. The average Bonchev–Trinajstić information content (AvgIpc) is 2.77.